The average Bonchev–Trinajstić information content (AvgIpc) is 3.36. The van der Waals surface area contributed by atoms with Crippen LogP contribution in [-0.4, -0.2) is 83.3 Å². The van der Waals surface area contributed by atoms with Crippen LogP contribution in [0.3, 0.4) is 0 Å². The van der Waals surface area contributed by atoms with E-state index in [9.17, 15) is 23.6 Å². The smallest absolute Gasteiger partial charge is 0.325 e. The van der Waals surface area contributed by atoms with Crippen molar-refractivity contribution in [2.45, 2.75) is 44.1 Å². The van der Waals surface area contributed by atoms with Crippen molar-refractivity contribution in [3.05, 3.63) is 30.1 Å². The number of rotatable bonds is 7. The molecular formula is C23H30FN5O4. The summed E-state index contributed by atoms with van der Waals surface area (Å²) in [6.07, 6.45) is 3.98. The summed E-state index contributed by atoms with van der Waals surface area (Å²) in [5, 5.41) is 5.59. The van der Waals surface area contributed by atoms with Crippen molar-refractivity contribution >= 4 is 29.4 Å². The maximum atomic E-state index is 13.0. The van der Waals surface area contributed by atoms with Crippen LogP contribution in [0.2, 0.25) is 0 Å². The highest BCUT2D eigenvalue weighted by atomic mass is 19.1. The molecule has 1 aromatic carbocycles. The van der Waals surface area contributed by atoms with E-state index in [4.69, 9.17) is 0 Å². The minimum absolute atomic E-state index is 0.00644. The minimum atomic E-state index is -0.708. The Morgan fingerprint density at radius 2 is 1.70 bits per heavy atom. The maximum absolute atomic E-state index is 13.0. The van der Waals surface area contributed by atoms with E-state index in [0.29, 0.717) is 51.1 Å². The number of hydrogen-bond donors (Lipinski definition) is 2. The highest BCUT2D eigenvalue weighted by molar-refractivity contribution is 6.07. The largest absolute Gasteiger partial charge is 0.340 e. The van der Waals surface area contributed by atoms with E-state index >= 15 is 0 Å². The molecule has 178 valence electrons. The summed E-state index contributed by atoms with van der Waals surface area (Å²) in [5.74, 6) is -0.699. The quantitative estimate of drug-likeness (QED) is 0.603. The van der Waals surface area contributed by atoms with Gasteiger partial charge in [-0.2, -0.15) is 0 Å². The first kappa shape index (κ1) is 23.2. The van der Waals surface area contributed by atoms with Crippen LogP contribution in [0.5, 0.6) is 0 Å². The fourth-order valence-electron chi connectivity index (χ4n) is 4.84. The van der Waals surface area contributed by atoms with Gasteiger partial charge in [-0.25, -0.2) is 9.18 Å². The second-order valence-electron chi connectivity index (χ2n) is 8.99. The Morgan fingerprint density at radius 1 is 1.03 bits per heavy atom. The lowest BCUT2D eigenvalue weighted by molar-refractivity contribution is -0.134. The minimum Gasteiger partial charge on any atom is -0.340 e. The van der Waals surface area contributed by atoms with Gasteiger partial charge in [0.2, 0.25) is 11.8 Å². The van der Waals surface area contributed by atoms with Gasteiger partial charge in [0.25, 0.3) is 5.91 Å². The highest BCUT2D eigenvalue weighted by Gasteiger charge is 2.52. The summed E-state index contributed by atoms with van der Waals surface area (Å²) in [6.45, 7) is 2.66. The van der Waals surface area contributed by atoms with Crippen molar-refractivity contribution < 1.29 is 23.6 Å². The van der Waals surface area contributed by atoms with Gasteiger partial charge in [0.15, 0.2) is 0 Å². The van der Waals surface area contributed by atoms with Crippen molar-refractivity contribution in [3.63, 3.8) is 0 Å². The van der Waals surface area contributed by atoms with Crippen LogP contribution in [-0.2, 0) is 14.4 Å². The zero-order chi connectivity index (χ0) is 23.4. The van der Waals surface area contributed by atoms with Crippen LogP contribution in [0.25, 0.3) is 0 Å². The van der Waals surface area contributed by atoms with Crippen molar-refractivity contribution in [3.8, 4) is 0 Å². The van der Waals surface area contributed by atoms with Crippen LogP contribution < -0.4 is 10.6 Å². The topological polar surface area (TPSA) is 102 Å². The van der Waals surface area contributed by atoms with Crippen LogP contribution in [0.4, 0.5) is 14.9 Å². The van der Waals surface area contributed by atoms with Gasteiger partial charge < -0.3 is 15.5 Å². The molecule has 3 aliphatic rings. The summed E-state index contributed by atoms with van der Waals surface area (Å²) in [5.41, 5.74) is -0.167. The molecule has 2 heterocycles. The number of piperazine rings is 1. The van der Waals surface area contributed by atoms with E-state index in [1.807, 2.05) is 4.90 Å². The number of benzene rings is 1. The van der Waals surface area contributed by atoms with E-state index in [0.717, 1.165) is 12.8 Å². The third-order valence-electron chi connectivity index (χ3n) is 6.70. The molecule has 0 radical (unpaired) electrons. The van der Waals surface area contributed by atoms with Gasteiger partial charge in [-0.15, -0.1) is 0 Å². The standard InChI is InChI=1S/C23H30FN5O4/c24-17-5-7-18(8-6-17)25-19(30)16-27-12-14-28(15-13-27)20(31)4-3-11-29-21(32)23(26-22(29)33)9-1-2-10-23/h5-8H,1-4,9-16H2,(H,25,30)(H,26,33). The zero-order valence-electron chi connectivity index (χ0n) is 18.6. The average molecular weight is 460 g/mol. The highest BCUT2D eigenvalue weighted by Crippen LogP contribution is 2.35. The predicted octanol–water partition coefficient (Wildman–Crippen LogP) is 1.55. The molecule has 1 aliphatic carbocycles. The molecule has 1 saturated carbocycles. The van der Waals surface area contributed by atoms with Crippen LogP contribution >= 0.6 is 0 Å². The molecule has 0 atom stereocenters. The zero-order valence-corrected chi connectivity index (χ0v) is 18.6. The molecule has 2 saturated heterocycles. The summed E-state index contributed by atoms with van der Waals surface area (Å²) in [6, 6.07) is 5.26. The van der Waals surface area contributed by atoms with Crippen molar-refractivity contribution in [1.29, 1.82) is 0 Å². The second-order valence-corrected chi connectivity index (χ2v) is 8.99. The van der Waals surface area contributed by atoms with Crippen molar-refractivity contribution in [2.75, 3.05) is 44.6 Å². The lowest BCUT2D eigenvalue weighted by Gasteiger charge is -2.34. The van der Waals surface area contributed by atoms with E-state index in [1.54, 1.807) is 4.90 Å². The second kappa shape index (κ2) is 9.86. The van der Waals surface area contributed by atoms with Gasteiger partial charge in [-0.1, -0.05) is 12.8 Å². The number of nitrogens with zero attached hydrogens (tertiary/aromatic N) is 3. The first-order valence-electron chi connectivity index (χ1n) is 11.6. The number of urea groups is 1. The Labute approximate surface area is 192 Å². The fourth-order valence-corrected chi connectivity index (χ4v) is 4.84. The van der Waals surface area contributed by atoms with Crippen LogP contribution in [0.1, 0.15) is 38.5 Å². The molecule has 0 aromatic heterocycles. The number of anilines is 1. The molecule has 4 rings (SSSR count). The summed E-state index contributed by atoms with van der Waals surface area (Å²) in [4.78, 5) is 54.7. The lowest BCUT2D eigenvalue weighted by atomic mass is 9.98. The normalized spacial score (nSPS) is 20.4. The molecule has 5 amide bonds. The third-order valence-corrected chi connectivity index (χ3v) is 6.70. The van der Waals surface area contributed by atoms with E-state index in [1.165, 1.54) is 29.2 Å². The molecule has 1 aromatic rings. The molecule has 2 aliphatic heterocycles. The van der Waals surface area contributed by atoms with Gasteiger partial charge >= 0.3 is 6.03 Å². The Morgan fingerprint density at radius 3 is 2.36 bits per heavy atom. The third kappa shape index (κ3) is 5.32. The van der Waals surface area contributed by atoms with Gasteiger partial charge in [0.05, 0.1) is 6.54 Å². The van der Waals surface area contributed by atoms with E-state index in [2.05, 4.69) is 10.6 Å². The number of nitrogens with one attached hydrogen (secondary N) is 2. The number of imide groups is 1. The van der Waals surface area contributed by atoms with E-state index in [-0.39, 0.29) is 49.1 Å². The predicted molar refractivity (Wildman–Crippen MR) is 119 cm³/mol. The molecule has 9 nitrogen and oxygen atoms in total. The van der Waals surface area contributed by atoms with Gasteiger partial charge in [0, 0.05) is 44.8 Å². The first-order chi connectivity index (χ1) is 15.9. The summed E-state index contributed by atoms with van der Waals surface area (Å²) in [7, 11) is 0. The first-order valence-corrected chi connectivity index (χ1v) is 11.6. The monoisotopic (exact) mass is 459 g/mol. The Balaban J connectivity index is 1.15. The molecular weight excluding hydrogens is 429 g/mol. The maximum Gasteiger partial charge on any atom is 0.325 e. The number of hydrogen-bond acceptors (Lipinski definition) is 5. The Kier molecular flexibility index (Phi) is 6.92. The van der Waals surface area contributed by atoms with Gasteiger partial charge in [0.1, 0.15) is 11.4 Å². The number of carbonyl (C=O) groups is 4. The van der Waals surface area contributed by atoms with E-state index < -0.39 is 5.54 Å². The Bertz CT molecular complexity index is 908. The lowest BCUT2D eigenvalue weighted by Crippen LogP contribution is -2.50. The number of carbonyl (C=O) groups excluding carboxylic acids is 4. The van der Waals surface area contributed by atoms with Gasteiger partial charge in [-0.05, 0) is 43.5 Å². The van der Waals surface area contributed by atoms with Crippen LogP contribution in [0.15, 0.2) is 24.3 Å². The molecule has 2 N–H and O–H groups in total. The van der Waals surface area contributed by atoms with Crippen molar-refractivity contribution in [1.82, 2.24) is 20.0 Å². The molecule has 0 unspecified atom stereocenters. The summed E-state index contributed by atoms with van der Waals surface area (Å²) < 4.78 is 13.0. The Hall–Kier alpha value is -3.01. The molecule has 33 heavy (non-hydrogen) atoms. The fraction of sp³-hybridized carbons (Fsp3) is 0.565. The number of amides is 5. The van der Waals surface area contributed by atoms with Crippen molar-refractivity contribution in [2.24, 2.45) is 0 Å². The SMILES string of the molecule is O=C(CN1CCN(C(=O)CCCN2C(=O)NC3(CCCC3)C2=O)CC1)Nc1ccc(F)cc1. The molecule has 1 spiro atoms. The number of halogens is 1. The molecule has 3 fully saturated rings. The molecule has 10 heteroatoms. The van der Waals surface area contributed by atoms with Crippen LogP contribution in [0, 0.1) is 5.82 Å². The summed E-state index contributed by atoms with van der Waals surface area (Å²) >= 11 is 0. The molecule has 0 bridgehead atoms. The van der Waals surface area contributed by atoms with Gasteiger partial charge in [-0.3, -0.25) is 24.2 Å².